The van der Waals surface area contributed by atoms with Crippen LogP contribution in [-0.2, 0) is 16.1 Å². The maximum Gasteiger partial charge on any atom is 0.325 e. The lowest BCUT2D eigenvalue weighted by molar-refractivity contribution is -0.142. The standard InChI is InChI=1S/C18H20BrNO5/c1-2-3-9-23-17(21)11-20-18(22)16-8-7-15(25-16)12-24-14-6-4-5-13(19)10-14/h4-8,10H,2-3,9,11-12H2,1H3,(H,20,22). The van der Waals surface area contributed by atoms with Crippen LogP contribution in [0.1, 0.15) is 36.1 Å². The SMILES string of the molecule is CCCCOC(=O)CNC(=O)c1ccc(COc2cccc(Br)c2)o1. The van der Waals surface area contributed by atoms with Gasteiger partial charge in [0.05, 0.1) is 6.61 Å². The molecule has 1 N–H and O–H groups in total. The van der Waals surface area contributed by atoms with Gasteiger partial charge in [0, 0.05) is 4.47 Å². The summed E-state index contributed by atoms with van der Waals surface area (Å²) >= 11 is 3.37. The van der Waals surface area contributed by atoms with E-state index in [0.717, 1.165) is 17.3 Å². The average Bonchev–Trinajstić information content (AvgIpc) is 3.07. The van der Waals surface area contributed by atoms with Crippen LogP contribution >= 0.6 is 15.9 Å². The van der Waals surface area contributed by atoms with Crippen molar-refractivity contribution in [2.24, 2.45) is 0 Å². The molecule has 0 saturated carbocycles. The Morgan fingerprint density at radius 3 is 2.84 bits per heavy atom. The van der Waals surface area contributed by atoms with Gasteiger partial charge in [-0.2, -0.15) is 0 Å². The van der Waals surface area contributed by atoms with Crippen LogP contribution in [0.15, 0.2) is 45.3 Å². The number of benzene rings is 1. The van der Waals surface area contributed by atoms with E-state index in [1.165, 1.54) is 6.07 Å². The van der Waals surface area contributed by atoms with Crippen LogP contribution in [0.3, 0.4) is 0 Å². The van der Waals surface area contributed by atoms with Crippen molar-refractivity contribution >= 4 is 27.8 Å². The Morgan fingerprint density at radius 1 is 1.24 bits per heavy atom. The molecule has 2 rings (SSSR count). The first-order chi connectivity index (χ1) is 12.1. The lowest BCUT2D eigenvalue weighted by Crippen LogP contribution is -2.30. The van der Waals surface area contributed by atoms with Gasteiger partial charge in [-0.05, 0) is 36.8 Å². The molecule has 0 unspecified atom stereocenters. The molecule has 6 nitrogen and oxygen atoms in total. The third-order valence-electron chi connectivity index (χ3n) is 3.22. The first kappa shape index (κ1) is 19.1. The predicted molar refractivity (Wildman–Crippen MR) is 95.4 cm³/mol. The monoisotopic (exact) mass is 409 g/mol. The summed E-state index contributed by atoms with van der Waals surface area (Å²) in [5.74, 6) is 0.379. The Bertz CT molecular complexity index is 713. The molecule has 134 valence electrons. The van der Waals surface area contributed by atoms with Gasteiger partial charge in [0.1, 0.15) is 24.7 Å². The van der Waals surface area contributed by atoms with Crippen LogP contribution < -0.4 is 10.1 Å². The van der Waals surface area contributed by atoms with Crippen molar-refractivity contribution in [1.82, 2.24) is 5.32 Å². The van der Waals surface area contributed by atoms with E-state index in [0.29, 0.717) is 18.1 Å². The molecule has 1 heterocycles. The molecule has 0 fully saturated rings. The quantitative estimate of drug-likeness (QED) is 0.504. The molecule has 0 spiro atoms. The van der Waals surface area contributed by atoms with Gasteiger partial charge in [-0.3, -0.25) is 9.59 Å². The van der Waals surface area contributed by atoms with E-state index in [9.17, 15) is 9.59 Å². The zero-order valence-corrected chi connectivity index (χ0v) is 15.5. The van der Waals surface area contributed by atoms with Crippen LogP contribution in [0.5, 0.6) is 5.75 Å². The third-order valence-corrected chi connectivity index (χ3v) is 3.71. The molecule has 0 saturated heterocycles. The van der Waals surface area contributed by atoms with E-state index >= 15 is 0 Å². The third kappa shape index (κ3) is 6.62. The van der Waals surface area contributed by atoms with Gasteiger partial charge >= 0.3 is 5.97 Å². The van der Waals surface area contributed by atoms with Gasteiger partial charge in [0.2, 0.25) is 0 Å². The molecule has 0 aliphatic carbocycles. The summed E-state index contributed by atoms with van der Waals surface area (Å²) in [6.07, 6.45) is 1.75. The molecule has 0 radical (unpaired) electrons. The van der Waals surface area contributed by atoms with Crippen LogP contribution in [0.4, 0.5) is 0 Å². The molecular weight excluding hydrogens is 390 g/mol. The van der Waals surface area contributed by atoms with Gasteiger partial charge in [-0.1, -0.05) is 35.3 Å². The van der Waals surface area contributed by atoms with E-state index in [1.54, 1.807) is 6.07 Å². The maximum atomic E-state index is 12.0. The van der Waals surface area contributed by atoms with Crippen molar-refractivity contribution in [3.05, 3.63) is 52.4 Å². The second-order valence-electron chi connectivity index (χ2n) is 5.27. The summed E-state index contributed by atoms with van der Waals surface area (Å²) in [6.45, 7) is 2.38. The van der Waals surface area contributed by atoms with E-state index in [4.69, 9.17) is 13.9 Å². The number of hydrogen-bond acceptors (Lipinski definition) is 5. The van der Waals surface area contributed by atoms with Crippen molar-refractivity contribution in [2.75, 3.05) is 13.2 Å². The molecule has 0 bridgehead atoms. The average molecular weight is 410 g/mol. The number of nitrogens with one attached hydrogen (secondary N) is 1. The lowest BCUT2D eigenvalue weighted by atomic mass is 10.3. The van der Waals surface area contributed by atoms with E-state index in [2.05, 4.69) is 21.2 Å². The van der Waals surface area contributed by atoms with Gasteiger partial charge in [0.25, 0.3) is 5.91 Å². The Kier molecular flexibility index (Phi) is 7.53. The zero-order chi connectivity index (χ0) is 18.1. The summed E-state index contributed by atoms with van der Waals surface area (Å²) in [4.78, 5) is 23.4. The second kappa shape index (κ2) is 9.88. The number of ether oxygens (including phenoxy) is 2. The fourth-order valence-corrected chi connectivity index (χ4v) is 2.29. The molecule has 1 amide bonds. The molecule has 0 atom stereocenters. The van der Waals surface area contributed by atoms with Crippen molar-refractivity contribution in [3.8, 4) is 5.75 Å². The highest BCUT2D eigenvalue weighted by molar-refractivity contribution is 9.10. The number of halogens is 1. The molecule has 1 aromatic carbocycles. The van der Waals surface area contributed by atoms with Crippen LogP contribution in [0, 0.1) is 0 Å². The summed E-state index contributed by atoms with van der Waals surface area (Å²) < 4.78 is 16.9. The first-order valence-corrected chi connectivity index (χ1v) is 8.78. The maximum absolute atomic E-state index is 12.0. The molecule has 0 aliphatic rings. The Hall–Kier alpha value is -2.28. The summed E-state index contributed by atoms with van der Waals surface area (Å²) in [6, 6.07) is 10.6. The molecule has 1 aromatic heterocycles. The lowest BCUT2D eigenvalue weighted by Gasteiger charge is -2.05. The number of carbonyl (C=O) groups is 2. The van der Waals surface area contributed by atoms with Crippen LogP contribution in [-0.4, -0.2) is 25.0 Å². The van der Waals surface area contributed by atoms with Gasteiger partial charge in [-0.15, -0.1) is 0 Å². The highest BCUT2D eigenvalue weighted by Crippen LogP contribution is 2.19. The minimum atomic E-state index is -0.471. The largest absolute Gasteiger partial charge is 0.486 e. The number of amides is 1. The van der Waals surface area contributed by atoms with Crippen molar-refractivity contribution in [2.45, 2.75) is 26.4 Å². The second-order valence-corrected chi connectivity index (χ2v) is 6.18. The summed E-state index contributed by atoms with van der Waals surface area (Å²) in [5.41, 5.74) is 0. The van der Waals surface area contributed by atoms with E-state index in [-0.39, 0.29) is 18.9 Å². The molecule has 7 heteroatoms. The highest BCUT2D eigenvalue weighted by Gasteiger charge is 2.13. The van der Waals surface area contributed by atoms with Crippen LogP contribution in [0.25, 0.3) is 0 Å². The molecule has 0 aliphatic heterocycles. The summed E-state index contributed by atoms with van der Waals surface area (Å²) in [5, 5.41) is 2.47. The predicted octanol–water partition coefficient (Wildman–Crippen LogP) is 3.69. The fourth-order valence-electron chi connectivity index (χ4n) is 1.91. The number of carbonyl (C=O) groups excluding carboxylic acids is 2. The van der Waals surface area contributed by atoms with Gasteiger partial charge in [-0.25, -0.2) is 0 Å². The number of unbranched alkanes of at least 4 members (excludes halogenated alkanes) is 1. The minimum Gasteiger partial charge on any atom is -0.486 e. The molecular formula is C18H20BrNO5. The minimum absolute atomic E-state index is 0.120. The van der Waals surface area contributed by atoms with Crippen LogP contribution in [0.2, 0.25) is 0 Å². The molecule has 2 aromatic rings. The van der Waals surface area contributed by atoms with E-state index in [1.807, 2.05) is 31.2 Å². The van der Waals surface area contributed by atoms with Gasteiger partial charge in [0.15, 0.2) is 5.76 Å². The van der Waals surface area contributed by atoms with Gasteiger partial charge < -0.3 is 19.2 Å². The van der Waals surface area contributed by atoms with Crippen molar-refractivity contribution in [3.63, 3.8) is 0 Å². The van der Waals surface area contributed by atoms with Crippen molar-refractivity contribution in [1.29, 1.82) is 0 Å². The highest BCUT2D eigenvalue weighted by atomic mass is 79.9. The Balaban J connectivity index is 1.77. The van der Waals surface area contributed by atoms with E-state index < -0.39 is 11.9 Å². The topological polar surface area (TPSA) is 77.8 Å². The smallest absolute Gasteiger partial charge is 0.325 e. The number of furan rings is 1. The molecule has 25 heavy (non-hydrogen) atoms. The van der Waals surface area contributed by atoms with Crippen molar-refractivity contribution < 1.29 is 23.5 Å². The summed E-state index contributed by atoms with van der Waals surface area (Å²) in [7, 11) is 0. The normalized spacial score (nSPS) is 10.3. The zero-order valence-electron chi connectivity index (χ0n) is 13.9. The Labute approximate surface area is 154 Å². The fraction of sp³-hybridized carbons (Fsp3) is 0.333. The number of hydrogen-bond donors (Lipinski definition) is 1. The number of rotatable bonds is 9. The first-order valence-electron chi connectivity index (χ1n) is 7.99. The number of esters is 1. The Morgan fingerprint density at radius 2 is 2.08 bits per heavy atom.